The van der Waals surface area contributed by atoms with Gasteiger partial charge in [0.25, 0.3) is 5.91 Å². The number of carbonyl (C=O) groups is 2. The minimum absolute atomic E-state index is 0.378. The first kappa shape index (κ1) is 18.2. The lowest BCUT2D eigenvalue weighted by atomic mass is 10.1. The minimum Gasteiger partial charge on any atom is -0.497 e. The van der Waals surface area contributed by atoms with Crippen molar-refractivity contribution in [1.29, 1.82) is 0 Å². The lowest BCUT2D eigenvalue weighted by Gasteiger charge is -2.18. The number of benzene rings is 3. The molecule has 1 N–H and O–H groups in total. The van der Waals surface area contributed by atoms with Crippen LogP contribution in [0.25, 0.3) is 0 Å². The highest BCUT2D eigenvalue weighted by atomic mass is 16.5. The van der Waals surface area contributed by atoms with E-state index >= 15 is 0 Å². The molecule has 1 atom stereocenters. The number of para-hydroxylation sites is 1. The lowest BCUT2D eigenvalue weighted by Crippen LogP contribution is -2.36. The van der Waals surface area contributed by atoms with Crippen molar-refractivity contribution in [1.82, 2.24) is 5.32 Å². The number of amides is 1. The van der Waals surface area contributed by atoms with Gasteiger partial charge < -0.3 is 14.8 Å². The van der Waals surface area contributed by atoms with E-state index in [0.717, 1.165) is 0 Å². The van der Waals surface area contributed by atoms with Crippen molar-refractivity contribution in [2.45, 2.75) is 6.04 Å². The van der Waals surface area contributed by atoms with E-state index in [9.17, 15) is 9.59 Å². The van der Waals surface area contributed by atoms with Crippen molar-refractivity contribution in [3.63, 3.8) is 0 Å². The first-order valence-electron chi connectivity index (χ1n) is 8.44. The molecule has 0 saturated heterocycles. The second kappa shape index (κ2) is 8.67. The zero-order valence-corrected chi connectivity index (χ0v) is 14.8. The molecular weight excluding hydrogens is 342 g/mol. The van der Waals surface area contributed by atoms with E-state index in [0.29, 0.717) is 22.6 Å². The Morgan fingerprint density at radius 1 is 0.778 bits per heavy atom. The molecule has 0 aliphatic carbocycles. The van der Waals surface area contributed by atoms with Crippen molar-refractivity contribution in [2.75, 3.05) is 7.11 Å². The molecule has 0 bridgehead atoms. The van der Waals surface area contributed by atoms with Crippen LogP contribution in [0.5, 0.6) is 11.5 Å². The summed E-state index contributed by atoms with van der Waals surface area (Å²) in [6, 6.07) is 23.5. The number of methoxy groups -OCH3 is 1. The molecule has 0 aliphatic rings. The molecule has 5 heteroatoms. The highest BCUT2D eigenvalue weighted by Crippen LogP contribution is 2.19. The fourth-order valence-electron chi connectivity index (χ4n) is 2.54. The van der Waals surface area contributed by atoms with Crippen molar-refractivity contribution >= 4 is 11.9 Å². The van der Waals surface area contributed by atoms with Gasteiger partial charge in [-0.05, 0) is 42.0 Å². The quantitative estimate of drug-likeness (QED) is 0.536. The summed E-state index contributed by atoms with van der Waals surface area (Å²) in [7, 11) is 1.56. The summed E-state index contributed by atoms with van der Waals surface area (Å²) in [5.41, 5.74) is 1.06. The van der Waals surface area contributed by atoms with Gasteiger partial charge in [0, 0.05) is 5.56 Å². The van der Waals surface area contributed by atoms with Crippen LogP contribution in [0.3, 0.4) is 0 Å². The van der Waals surface area contributed by atoms with Gasteiger partial charge in [0.05, 0.1) is 7.11 Å². The summed E-state index contributed by atoms with van der Waals surface area (Å²) < 4.78 is 10.5. The maximum atomic E-state index is 12.7. The molecule has 0 unspecified atom stereocenters. The van der Waals surface area contributed by atoms with Crippen molar-refractivity contribution < 1.29 is 19.1 Å². The third kappa shape index (κ3) is 4.73. The molecule has 3 aromatic carbocycles. The zero-order valence-electron chi connectivity index (χ0n) is 14.8. The Morgan fingerprint density at radius 2 is 1.37 bits per heavy atom. The minimum atomic E-state index is -0.930. The van der Waals surface area contributed by atoms with E-state index in [1.54, 1.807) is 79.9 Å². The van der Waals surface area contributed by atoms with E-state index in [2.05, 4.69) is 5.32 Å². The van der Waals surface area contributed by atoms with Crippen molar-refractivity contribution in [3.05, 3.63) is 96.1 Å². The van der Waals surface area contributed by atoms with Crippen LogP contribution in [0, 0.1) is 0 Å². The van der Waals surface area contributed by atoms with Gasteiger partial charge in [-0.25, -0.2) is 4.79 Å². The molecule has 0 radical (unpaired) electrons. The topological polar surface area (TPSA) is 64.6 Å². The Kier molecular flexibility index (Phi) is 5.84. The van der Waals surface area contributed by atoms with Crippen LogP contribution in [0.4, 0.5) is 0 Å². The molecule has 0 spiro atoms. The second-order valence-electron chi connectivity index (χ2n) is 5.78. The highest BCUT2D eigenvalue weighted by Gasteiger charge is 2.25. The normalized spacial score (nSPS) is 11.3. The monoisotopic (exact) mass is 361 g/mol. The molecule has 136 valence electrons. The molecule has 3 aromatic rings. The maximum absolute atomic E-state index is 12.7. The molecular formula is C22H19NO4. The summed E-state index contributed by atoms with van der Waals surface area (Å²) in [4.78, 5) is 25.3. The summed E-state index contributed by atoms with van der Waals surface area (Å²) >= 11 is 0. The van der Waals surface area contributed by atoms with Crippen molar-refractivity contribution in [2.24, 2.45) is 0 Å². The Labute approximate surface area is 157 Å². The Hall–Kier alpha value is -3.60. The number of hydrogen-bond donors (Lipinski definition) is 1. The van der Waals surface area contributed by atoms with Crippen molar-refractivity contribution in [3.8, 4) is 11.5 Å². The standard InChI is InChI=1S/C22H19NO4/c1-26-18-14-12-17(13-15-18)21(24)23-20(16-8-4-2-5-9-16)22(25)27-19-10-6-3-7-11-19/h2-15,20H,1H3,(H,23,24)/t20-/m0/s1. The van der Waals surface area contributed by atoms with Gasteiger partial charge in [-0.2, -0.15) is 0 Å². The van der Waals surface area contributed by atoms with E-state index in [4.69, 9.17) is 9.47 Å². The SMILES string of the molecule is COc1ccc(C(=O)N[C@H](C(=O)Oc2ccccc2)c2ccccc2)cc1. The average Bonchev–Trinajstić information content (AvgIpc) is 2.73. The van der Waals surface area contributed by atoms with Crippen LogP contribution >= 0.6 is 0 Å². The summed E-state index contributed by atoms with van der Waals surface area (Å²) in [6.07, 6.45) is 0. The van der Waals surface area contributed by atoms with Gasteiger partial charge >= 0.3 is 5.97 Å². The number of carbonyl (C=O) groups excluding carboxylic acids is 2. The Morgan fingerprint density at radius 3 is 1.96 bits per heavy atom. The molecule has 27 heavy (non-hydrogen) atoms. The first-order valence-corrected chi connectivity index (χ1v) is 8.44. The predicted molar refractivity (Wildman–Crippen MR) is 102 cm³/mol. The third-order valence-corrected chi connectivity index (χ3v) is 3.96. The van der Waals surface area contributed by atoms with E-state index in [1.807, 2.05) is 12.1 Å². The van der Waals surface area contributed by atoms with Gasteiger partial charge in [-0.1, -0.05) is 48.5 Å². The molecule has 0 aromatic heterocycles. The maximum Gasteiger partial charge on any atom is 0.338 e. The number of hydrogen-bond acceptors (Lipinski definition) is 4. The summed E-state index contributed by atoms with van der Waals surface area (Å²) in [5, 5.41) is 2.75. The second-order valence-corrected chi connectivity index (χ2v) is 5.78. The van der Waals surface area contributed by atoms with Crippen LogP contribution in [-0.4, -0.2) is 19.0 Å². The van der Waals surface area contributed by atoms with Gasteiger partial charge in [0.15, 0.2) is 6.04 Å². The Bertz CT molecular complexity index is 893. The lowest BCUT2D eigenvalue weighted by molar-refractivity contribution is -0.136. The largest absolute Gasteiger partial charge is 0.497 e. The van der Waals surface area contributed by atoms with Gasteiger partial charge in [0.1, 0.15) is 11.5 Å². The summed E-state index contributed by atoms with van der Waals surface area (Å²) in [6.45, 7) is 0. The van der Waals surface area contributed by atoms with Crippen LogP contribution in [0.15, 0.2) is 84.9 Å². The molecule has 1 amide bonds. The van der Waals surface area contributed by atoms with Gasteiger partial charge in [-0.3, -0.25) is 4.79 Å². The zero-order chi connectivity index (χ0) is 19.1. The molecule has 3 rings (SSSR count). The fourth-order valence-corrected chi connectivity index (χ4v) is 2.54. The van der Waals surface area contributed by atoms with Gasteiger partial charge in [-0.15, -0.1) is 0 Å². The molecule has 5 nitrogen and oxygen atoms in total. The third-order valence-electron chi connectivity index (χ3n) is 3.96. The van der Waals surface area contributed by atoms with E-state index in [1.165, 1.54) is 0 Å². The van der Waals surface area contributed by atoms with Crippen LogP contribution in [0.2, 0.25) is 0 Å². The first-order chi connectivity index (χ1) is 13.2. The number of rotatable bonds is 6. The van der Waals surface area contributed by atoms with Crippen LogP contribution < -0.4 is 14.8 Å². The number of ether oxygens (including phenoxy) is 2. The average molecular weight is 361 g/mol. The van der Waals surface area contributed by atoms with Crippen LogP contribution in [0.1, 0.15) is 22.0 Å². The smallest absolute Gasteiger partial charge is 0.338 e. The van der Waals surface area contributed by atoms with E-state index < -0.39 is 12.0 Å². The number of esters is 1. The van der Waals surface area contributed by atoms with Gasteiger partial charge in [0.2, 0.25) is 0 Å². The molecule has 0 aliphatic heterocycles. The number of nitrogens with one attached hydrogen (secondary N) is 1. The van der Waals surface area contributed by atoms with Crippen LogP contribution in [-0.2, 0) is 4.79 Å². The highest BCUT2D eigenvalue weighted by molar-refractivity contribution is 5.97. The molecule has 0 heterocycles. The van der Waals surface area contributed by atoms with E-state index in [-0.39, 0.29) is 5.91 Å². The Balaban J connectivity index is 1.81. The summed E-state index contributed by atoms with van der Waals surface area (Å²) in [5.74, 6) is 0.127. The fraction of sp³-hybridized carbons (Fsp3) is 0.0909. The molecule has 0 fully saturated rings. The predicted octanol–water partition coefficient (Wildman–Crippen LogP) is 3.77. The molecule has 0 saturated carbocycles.